The molecule has 1 aliphatic heterocycles. The zero-order valence-corrected chi connectivity index (χ0v) is 12.1. The Morgan fingerprint density at radius 3 is 2.72 bits per heavy atom. The van der Waals surface area contributed by atoms with Gasteiger partial charge in [0.15, 0.2) is 0 Å². The molecule has 98 valence electrons. The first kappa shape index (κ1) is 13.3. The van der Waals surface area contributed by atoms with E-state index in [1.54, 1.807) is 0 Å². The number of benzene rings is 1. The van der Waals surface area contributed by atoms with Crippen molar-refractivity contribution in [3.8, 4) is 0 Å². The van der Waals surface area contributed by atoms with E-state index in [4.69, 9.17) is 11.1 Å². The summed E-state index contributed by atoms with van der Waals surface area (Å²) in [4.78, 5) is 2.42. The fourth-order valence-corrected chi connectivity index (χ4v) is 3.49. The molecule has 0 saturated carbocycles. The summed E-state index contributed by atoms with van der Waals surface area (Å²) in [7, 11) is 0. The number of nitrogens with two attached hydrogens (primary N) is 1. The van der Waals surface area contributed by atoms with Crippen LogP contribution in [0.2, 0.25) is 0 Å². The van der Waals surface area contributed by atoms with Gasteiger partial charge in [-0.15, -0.1) is 0 Å². The van der Waals surface area contributed by atoms with Crippen LogP contribution in [0.3, 0.4) is 0 Å². The van der Waals surface area contributed by atoms with Gasteiger partial charge in [-0.25, -0.2) is 0 Å². The third-order valence-corrected chi connectivity index (χ3v) is 4.59. The average molecular weight is 263 g/mol. The molecule has 0 radical (unpaired) electrons. The van der Waals surface area contributed by atoms with Crippen LogP contribution < -0.4 is 10.6 Å². The molecule has 2 rings (SSSR count). The lowest BCUT2D eigenvalue weighted by atomic mass is 10.1. The Balaban J connectivity index is 2.24. The molecule has 3 nitrogen and oxygen atoms in total. The van der Waals surface area contributed by atoms with Crippen molar-refractivity contribution in [1.29, 1.82) is 5.41 Å². The average Bonchev–Trinajstić information content (AvgIpc) is 2.27. The molecule has 1 aliphatic rings. The summed E-state index contributed by atoms with van der Waals surface area (Å²) in [6.07, 6.45) is 0. The van der Waals surface area contributed by atoms with Gasteiger partial charge < -0.3 is 10.6 Å². The predicted molar refractivity (Wildman–Crippen MR) is 80.9 cm³/mol. The van der Waals surface area contributed by atoms with Gasteiger partial charge in [-0.05, 0) is 44.5 Å². The molecule has 0 atom stereocenters. The first-order valence-corrected chi connectivity index (χ1v) is 7.21. The molecule has 1 fully saturated rings. The molecule has 1 aromatic rings. The van der Waals surface area contributed by atoms with Crippen LogP contribution in [0.4, 0.5) is 5.69 Å². The number of rotatable bonds is 2. The Bertz CT molecular complexity index is 468. The van der Waals surface area contributed by atoms with Gasteiger partial charge in [-0.3, -0.25) is 5.41 Å². The number of thioether (sulfide) groups is 1. The molecular weight excluding hydrogens is 242 g/mol. The molecule has 0 aliphatic carbocycles. The topological polar surface area (TPSA) is 53.1 Å². The second-order valence-corrected chi connectivity index (χ2v) is 7.24. The Hall–Kier alpha value is -1.16. The van der Waals surface area contributed by atoms with Crippen molar-refractivity contribution in [2.24, 2.45) is 5.73 Å². The van der Waals surface area contributed by atoms with Crippen LogP contribution in [0.5, 0.6) is 0 Å². The van der Waals surface area contributed by atoms with Crippen molar-refractivity contribution in [3.63, 3.8) is 0 Å². The summed E-state index contributed by atoms with van der Waals surface area (Å²) in [5.41, 5.74) is 8.71. The molecule has 3 N–H and O–H groups in total. The summed E-state index contributed by atoms with van der Waals surface area (Å²) in [5.74, 6) is 1.31. The standard InChI is InChI=1S/C14H21N3S/c1-10-8-11(4-5-12(10)13(15)16)17-6-7-18-14(2,3)9-17/h4-5,8H,6-7,9H2,1-3H3,(H3,15,16). The first-order chi connectivity index (χ1) is 8.39. The van der Waals surface area contributed by atoms with Crippen LogP contribution in [0.25, 0.3) is 0 Å². The Morgan fingerprint density at radius 2 is 2.17 bits per heavy atom. The highest BCUT2D eigenvalue weighted by Gasteiger charge is 2.27. The van der Waals surface area contributed by atoms with Gasteiger partial charge in [0.05, 0.1) is 0 Å². The highest BCUT2D eigenvalue weighted by Crippen LogP contribution is 2.32. The maximum absolute atomic E-state index is 7.52. The molecule has 1 heterocycles. The second-order valence-electron chi connectivity index (χ2n) is 5.44. The van der Waals surface area contributed by atoms with Crippen molar-refractivity contribution in [2.45, 2.75) is 25.5 Å². The fraction of sp³-hybridized carbons (Fsp3) is 0.500. The minimum Gasteiger partial charge on any atom is -0.384 e. The molecule has 18 heavy (non-hydrogen) atoms. The summed E-state index contributed by atoms with van der Waals surface area (Å²) in [6, 6.07) is 6.18. The quantitative estimate of drug-likeness (QED) is 0.637. The number of nitrogens with one attached hydrogen (secondary N) is 1. The van der Waals surface area contributed by atoms with Crippen molar-refractivity contribution >= 4 is 23.3 Å². The molecule has 0 bridgehead atoms. The number of anilines is 1. The summed E-state index contributed by atoms with van der Waals surface area (Å²) in [6.45, 7) is 8.76. The van der Waals surface area contributed by atoms with Crippen molar-refractivity contribution in [3.05, 3.63) is 29.3 Å². The van der Waals surface area contributed by atoms with Crippen LogP contribution in [0, 0.1) is 12.3 Å². The van der Waals surface area contributed by atoms with E-state index in [0.717, 1.165) is 24.2 Å². The van der Waals surface area contributed by atoms with Crippen LogP contribution in [-0.2, 0) is 0 Å². The summed E-state index contributed by atoms with van der Waals surface area (Å²) >= 11 is 2.04. The molecule has 1 aromatic carbocycles. The lowest BCUT2D eigenvalue weighted by Crippen LogP contribution is -2.43. The molecule has 4 heteroatoms. The largest absolute Gasteiger partial charge is 0.384 e. The second kappa shape index (κ2) is 4.84. The van der Waals surface area contributed by atoms with E-state index >= 15 is 0 Å². The smallest absolute Gasteiger partial charge is 0.123 e. The van der Waals surface area contributed by atoms with Gasteiger partial charge in [0, 0.05) is 34.8 Å². The van der Waals surface area contributed by atoms with Crippen LogP contribution >= 0.6 is 11.8 Å². The van der Waals surface area contributed by atoms with E-state index in [-0.39, 0.29) is 5.84 Å². The highest BCUT2D eigenvalue weighted by atomic mass is 32.2. The van der Waals surface area contributed by atoms with Gasteiger partial charge in [-0.1, -0.05) is 0 Å². The Kier molecular flexibility index (Phi) is 3.57. The zero-order chi connectivity index (χ0) is 13.3. The molecule has 0 aromatic heterocycles. The third kappa shape index (κ3) is 2.80. The van der Waals surface area contributed by atoms with Gasteiger partial charge >= 0.3 is 0 Å². The van der Waals surface area contributed by atoms with Crippen molar-refractivity contribution < 1.29 is 0 Å². The lowest BCUT2D eigenvalue weighted by molar-refractivity contribution is 0.647. The van der Waals surface area contributed by atoms with Crippen LogP contribution in [-0.4, -0.2) is 29.4 Å². The van der Waals surface area contributed by atoms with Crippen LogP contribution in [0.1, 0.15) is 25.0 Å². The Morgan fingerprint density at radius 1 is 1.44 bits per heavy atom. The minimum absolute atomic E-state index is 0.147. The van der Waals surface area contributed by atoms with Crippen LogP contribution in [0.15, 0.2) is 18.2 Å². The number of nitrogen functional groups attached to an aromatic ring is 1. The zero-order valence-electron chi connectivity index (χ0n) is 11.3. The molecule has 0 unspecified atom stereocenters. The van der Waals surface area contributed by atoms with E-state index in [9.17, 15) is 0 Å². The van der Waals surface area contributed by atoms with E-state index in [1.165, 1.54) is 11.4 Å². The monoisotopic (exact) mass is 263 g/mol. The molecule has 1 saturated heterocycles. The minimum atomic E-state index is 0.147. The molecule has 0 spiro atoms. The highest BCUT2D eigenvalue weighted by molar-refractivity contribution is 8.00. The number of hydrogen-bond acceptors (Lipinski definition) is 3. The molecular formula is C14H21N3S. The van der Waals surface area contributed by atoms with E-state index in [2.05, 4.69) is 30.9 Å². The fourth-order valence-electron chi connectivity index (χ4n) is 2.38. The maximum atomic E-state index is 7.52. The summed E-state index contributed by atoms with van der Waals surface area (Å²) < 4.78 is 0.311. The number of hydrogen-bond donors (Lipinski definition) is 2. The van der Waals surface area contributed by atoms with Gasteiger partial charge in [-0.2, -0.15) is 11.8 Å². The first-order valence-electron chi connectivity index (χ1n) is 6.23. The number of aryl methyl sites for hydroxylation is 1. The lowest BCUT2D eigenvalue weighted by Gasteiger charge is -2.39. The number of amidine groups is 1. The van der Waals surface area contributed by atoms with E-state index in [0.29, 0.717) is 4.75 Å². The SMILES string of the molecule is Cc1cc(N2CCSC(C)(C)C2)ccc1C(=N)N. The normalized spacial score (nSPS) is 18.7. The van der Waals surface area contributed by atoms with Gasteiger partial charge in [0.2, 0.25) is 0 Å². The Labute approximate surface area is 113 Å². The van der Waals surface area contributed by atoms with Crippen molar-refractivity contribution in [1.82, 2.24) is 0 Å². The molecule has 0 amide bonds. The van der Waals surface area contributed by atoms with E-state index < -0.39 is 0 Å². The van der Waals surface area contributed by atoms with Gasteiger partial charge in [0.1, 0.15) is 5.84 Å². The third-order valence-electron chi connectivity index (χ3n) is 3.29. The predicted octanol–water partition coefficient (Wildman–Crippen LogP) is 2.61. The maximum Gasteiger partial charge on any atom is 0.123 e. The number of nitrogens with zero attached hydrogens (tertiary/aromatic N) is 1. The summed E-state index contributed by atoms with van der Waals surface area (Å²) in [5, 5.41) is 7.52. The van der Waals surface area contributed by atoms with Gasteiger partial charge in [0.25, 0.3) is 0 Å². The van der Waals surface area contributed by atoms with Crippen molar-refractivity contribution in [2.75, 3.05) is 23.7 Å². The van der Waals surface area contributed by atoms with E-state index in [1.807, 2.05) is 24.8 Å².